The number of rotatable bonds is 6. The zero-order valence-electron chi connectivity index (χ0n) is 25.8. The van der Waals surface area contributed by atoms with Gasteiger partial charge in [-0.15, -0.1) is 22.7 Å². The molecule has 244 valence electrons. The largest absolute Gasteiger partial charge is 0.370 e. The normalized spacial score (nSPS) is 23.6. The number of fused-ring (bicyclic) bond motifs is 5. The van der Waals surface area contributed by atoms with Gasteiger partial charge in [0.1, 0.15) is 39.5 Å². The number of hydrogen-bond donors (Lipinski definition) is 5. The maximum atomic E-state index is 13.8. The number of carbonyl (C=O) groups is 6. The van der Waals surface area contributed by atoms with Crippen LogP contribution in [0.2, 0.25) is 0 Å². The van der Waals surface area contributed by atoms with Gasteiger partial charge >= 0.3 is 0 Å². The standard InChI is InChI=1S/C29H40N8O6S2/c1-14(2)10-17-25(40)33-16(7-8-21(30)38)28-35-18(13-45-28)24(39)31-11-22-32-19(12-44-22)26(41)36-23(15(3)4)29(43)37-9-5-6-20(37)27(42)34-17/h12-17,20,23H,5-11H2,1-4H3,(H2,30,38)(H,31,39)(H,33,40)(H,34,42)(H,36,41)/t16-,17-,20-,23+/m0/s1. The van der Waals surface area contributed by atoms with E-state index in [1.807, 2.05) is 13.8 Å². The minimum atomic E-state index is -0.942. The second-order valence-corrected chi connectivity index (χ2v) is 13.9. The van der Waals surface area contributed by atoms with Crippen LogP contribution in [0.15, 0.2) is 10.8 Å². The Labute approximate surface area is 269 Å². The molecular weight excluding hydrogens is 621 g/mol. The maximum absolute atomic E-state index is 13.8. The summed E-state index contributed by atoms with van der Waals surface area (Å²) in [6, 6.07) is -3.42. The van der Waals surface area contributed by atoms with Gasteiger partial charge in [-0.2, -0.15) is 0 Å². The molecule has 45 heavy (non-hydrogen) atoms. The first-order valence-corrected chi connectivity index (χ1v) is 16.8. The fourth-order valence-corrected chi connectivity index (χ4v) is 6.89. The van der Waals surface area contributed by atoms with Crippen molar-refractivity contribution >= 4 is 58.1 Å². The first-order valence-electron chi connectivity index (χ1n) is 15.0. The number of primary amides is 1. The summed E-state index contributed by atoms with van der Waals surface area (Å²) in [4.78, 5) is 89.0. The van der Waals surface area contributed by atoms with Crippen molar-refractivity contribution in [1.82, 2.24) is 36.1 Å². The summed E-state index contributed by atoms with van der Waals surface area (Å²) in [5.41, 5.74) is 5.62. The Morgan fingerprint density at radius 3 is 2.33 bits per heavy atom. The van der Waals surface area contributed by atoms with E-state index in [1.54, 1.807) is 24.6 Å². The molecule has 0 unspecified atom stereocenters. The third-order valence-corrected chi connectivity index (χ3v) is 9.44. The van der Waals surface area contributed by atoms with Crippen molar-refractivity contribution in [3.8, 4) is 0 Å². The highest BCUT2D eigenvalue weighted by Gasteiger charge is 2.40. The molecule has 2 aromatic rings. The quantitative estimate of drug-likeness (QED) is 0.304. The fourth-order valence-electron chi connectivity index (χ4n) is 5.29. The van der Waals surface area contributed by atoms with Crippen molar-refractivity contribution < 1.29 is 28.8 Å². The van der Waals surface area contributed by atoms with E-state index in [0.717, 1.165) is 11.3 Å². The van der Waals surface area contributed by atoms with Gasteiger partial charge in [0.25, 0.3) is 11.8 Å². The van der Waals surface area contributed by atoms with Gasteiger partial charge in [0.05, 0.1) is 12.6 Å². The van der Waals surface area contributed by atoms with Crippen molar-refractivity contribution in [2.24, 2.45) is 17.6 Å². The number of amides is 6. The lowest BCUT2D eigenvalue weighted by Gasteiger charge is -2.31. The molecule has 1 fully saturated rings. The molecule has 6 N–H and O–H groups in total. The summed E-state index contributed by atoms with van der Waals surface area (Å²) in [6.45, 7) is 7.82. The highest BCUT2D eigenvalue weighted by molar-refractivity contribution is 7.10. The molecule has 4 heterocycles. The van der Waals surface area contributed by atoms with Crippen LogP contribution < -0.4 is 27.0 Å². The highest BCUT2D eigenvalue weighted by Crippen LogP contribution is 2.25. The summed E-state index contributed by atoms with van der Waals surface area (Å²) < 4.78 is 0. The molecular formula is C29H40N8O6S2. The number of hydrogen-bond acceptors (Lipinski definition) is 10. The van der Waals surface area contributed by atoms with Crippen LogP contribution in [0.5, 0.6) is 0 Å². The van der Waals surface area contributed by atoms with Crippen molar-refractivity contribution in [3.63, 3.8) is 0 Å². The van der Waals surface area contributed by atoms with Crippen LogP contribution in [0, 0.1) is 11.8 Å². The van der Waals surface area contributed by atoms with Crippen LogP contribution in [0.4, 0.5) is 0 Å². The lowest BCUT2D eigenvalue weighted by molar-refractivity contribution is -0.141. The highest BCUT2D eigenvalue weighted by atomic mass is 32.1. The Morgan fingerprint density at radius 2 is 1.64 bits per heavy atom. The summed E-state index contributed by atoms with van der Waals surface area (Å²) >= 11 is 2.33. The van der Waals surface area contributed by atoms with E-state index in [9.17, 15) is 28.8 Å². The van der Waals surface area contributed by atoms with Crippen LogP contribution in [0.25, 0.3) is 0 Å². The first-order chi connectivity index (χ1) is 21.3. The van der Waals surface area contributed by atoms with Crippen LogP contribution >= 0.6 is 22.7 Å². The molecule has 14 nitrogen and oxygen atoms in total. The third-order valence-electron chi connectivity index (χ3n) is 7.63. The van der Waals surface area contributed by atoms with Gasteiger partial charge in [0.2, 0.25) is 23.6 Å². The van der Waals surface area contributed by atoms with Crippen molar-refractivity contribution in [3.05, 3.63) is 32.2 Å². The molecule has 0 spiro atoms. The van der Waals surface area contributed by atoms with E-state index >= 15 is 0 Å². The van der Waals surface area contributed by atoms with Crippen molar-refractivity contribution in [2.45, 2.75) is 90.5 Å². The number of thiazole rings is 2. The molecule has 0 aliphatic carbocycles. The smallest absolute Gasteiger partial charge is 0.271 e. The molecule has 0 saturated carbocycles. The predicted molar refractivity (Wildman–Crippen MR) is 167 cm³/mol. The van der Waals surface area contributed by atoms with Crippen LogP contribution in [0.1, 0.15) is 96.8 Å². The molecule has 0 radical (unpaired) electrons. The summed E-state index contributed by atoms with van der Waals surface area (Å²) in [5, 5.41) is 15.3. The fraction of sp³-hybridized carbons (Fsp3) is 0.586. The molecule has 2 aliphatic rings. The van der Waals surface area contributed by atoms with Crippen LogP contribution in [-0.4, -0.2) is 75.0 Å². The lowest BCUT2D eigenvalue weighted by atomic mass is 10.0. The molecule has 1 saturated heterocycles. The van der Waals surface area contributed by atoms with E-state index in [4.69, 9.17) is 5.73 Å². The minimum Gasteiger partial charge on any atom is -0.370 e. The lowest BCUT2D eigenvalue weighted by Crippen LogP contribution is -2.57. The van der Waals surface area contributed by atoms with Crippen LogP contribution in [0.3, 0.4) is 0 Å². The van der Waals surface area contributed by atoms with E-state index < -0.39 is 53.7 Å². The van der Waals surface area contributed by atoms with Gasteiger partial charge in [0.15, 0.2) is 0 Å². The number of nitrogens with zero attached hydrogens (tertiary/aromatic N) is 3. The van der Waals surface area contributed by atoms with Gasteiger partial charge in [-0.25, -0.2) is 9.97 Å². The zero-order valence-corrected chi connectivity index (χ0v) is 27.4. The third kappa shape index (κ3) is 8.63. The number of aromatic nitrogens is 2. The molecule has 2 aromatic heterocycles. The Morgan fingerprint density at radius 1 is 0.956 bits per heavy atom. The maximum Gasteiger partial charge on any atom is 0.271 e. The molecule has 4 atom stereocenters. The molecule has 6 amide bonds. The number of nitrogens with two attached hydrogens (primary N) is 1. The molecule has 0 aromatic carbocycles. The molecule has 2 aliphatic heterocycles. The Hall–Kier alpha value is -3.92. The molecule has 4 rings (SSSR count). The van der Waals surface area contributed by atoms with E-state index in [2.05, 4.69) is 31.2 Å². The first kappa shape index (κ1) is 34.0. The SMILES string of the molecule is CC(C)C[C@@H]1NC(=O)[C@@H]2CCCN2C(=O)[C@@H](C(C)C)NC(=O)c2csc(n2)CNC(=O)c2csc(n2)[C@H](CCC(N)=O)NC1=O. The van der Waals surface area contributed by atoms with Gasteiger partial charge < -0.3 is 31.9 Å². The van der Waals surface area contributed by atoms with Gasteiger partial charge in [0, 0.05) is 23.7 Å². The zero-order chi connectivity index (χ0) is 32.8. The summed E-state index contributed by atoms with van der Waals surface area (Å²) in [7, 11) is 0. The van der Waals surface area contributed by atoms with Crippen LogP contribution in [-0.2, 0) is 25.7 Å². The van der Waals surface area contributed by atoms with Crippen molar-refractivity contribution in [2.75, 3.05) is 6.54 Å². The Balaban J connectivity index is 1.69. The summed E-state index contributed by atoms with van der Waals surface area (Å²) in [5.74, 6) is -3.18. The Kier molecular flexibility index (Phi) is 11.3. The topological polar surface area (TPSA) is 206 Å². The van der Waals surface area contributed by atoms with E-state index in [0.29, 0.717) is 35.8 Å². The van der Waals surface area contributed by atoms with Gasteiger partial charge in [-0.1, -0.05) is 27.7 Å². The molecule has 16 heteroatoms. The van der Waals surface area contributed by atoms with Gasteiger partial charge in [-0.05, 0) is 37.5 Å². The average molecular weight is 661 g/mol. The number of nitrogens with one attached hydrogen (secondary N) is 4. The van der Waals surface area contributed by atoms with E-state index in [1.165, 1.54) is 16.2 Å². The molecule has 4 bridgehead atoms. The average Bonchev–Trinajstić information content (AvgIpc) is 3.76. The Bertz CT molecular complexity index is 1440. The predicted octanol–water partition coefficient (Wildman–Crippen LogP) is 1.24. The summed E-state index contributed by atoms with van der Waals surface area (Å²) in [6.07, 6.45) is 1.41. The second kappa shape index (κ2) is 14.9. The number of carbonyl (C=O) groups excluding carboxylic acids is 6. The monoisotopic (exact) mass is 660 g/mol. The second-order valence-electron chi connectivity index (χ2n) is 12.0. The van der Waals surface area contributed by atoms with Crippen molar-refractivity contribution in [1.29, 1.82) is 0 Å². The minimum absolute atomic E-state index is 0.0303. The van der Waals surface area contributed by atoms with E-state index in [-0.39, 0.29) is 48.5 Å². The van der Waals surface area contributed by atoms with Gasteiger partial charge in [-0.3, -0.25) is 28.8 Å².